The van der Waals surface area contributed by atoms with Crippen molar-refractivity contribution in [3.8, 4) is 0 Å². The smallest absolute Gasteiger partial charge is 0.226 e. The molecule has 0 saturated heterocycles. The Bertz CT molecular complexity index is 750. The number of carbonyl (C=O) groups is 1. The minimum atomic E-state index is -0.136. The number of amides is 1. The first-order chi connectivity index (χ1) is 15.0. The highest BCUT2D eigenvalue weighted by molar-refractivity contribution is 5.84. The molecule has 3 heteroatoms. The predicted molar refractivity (Wildman–Crippen MR) is 127 cm³/mol. The lowest BCUT2D eigenvalue weighted by Crippen LogP contribution is -2.62. The van der Waals surface area contributed by atoms with Gasteiger partial charge in [0.2, 0.25) is 5.91 Å². The second-order valence-electron chi connectivity index (χ2n) is 11.7. The monoisotopic (exact) mass is 422 g/mol. The van der Waals surface area contributed by atoms with Crippen LogP contribution >= 0.6 is 0 Å². The molecule has 4 bridgehead atoms. The van der Waals surface area contributed by atoms with Gasteiger partial charge in [-0.3, -0.25) is 4.79 Å². The number of nitrogens with one attached hydrogen (secondary N) is 1. The van der Waals surface area contributed by atoms with E-state index in [1.165, 1.54) is 44.1 Å². The Labute approximate surface area is 188 Å². The summed E-state index contributed by atoms with van der Waals surface area (Å²) in [4.78, 5) is 13.8. The molecule has 0 aliphatic heterocycles. The van der Waals surface area contributed by atoms with Crippen molar-refractivity contribution in [2.45, 2.75) is 108 Å². The van der Waals surface area contributed by atoms with Gasteiger partial charge in [-0.15, -0.1) is 0 Å². The molecule has 5 fully saturated rings. The molecule has 1 aromatic carbocycles. The summed E-state index contributed by atoms with van der Waals surface area (Å²) in [6.07, 6.45) is 15.6. The second kappa shape index (κ2) is 8.54. The molecule has 2 atom stereocenters. The highest BCUT2D eigenvalue weighted by atomic mass is 16.2. The maximum atomic E-state index is 13.8. The van der Waals surface area contributed by atoms with E-state index >= 15 is 0 Å². The maximum absolute atomic E-state index is 13.8. The van der Waals surface area contributed by atoms with Gasteiger partial charge in [-0.1, -0.05) is 56.5 Å². The Morgan fingerprint density at radius 3 is 2.32 bits per heavy atom. The first kappa shape index (κ1) is 21.5. The minimum absolute atomic E-state index is 0.136. The topological polar surface area (TPSA) is 55.1 Å². The van der Waals surface area contributed by atoms with E-state index in [1.54, 1.807) is 0 Å². The van der Waals surface area contributed by atoms with Crippen LogP contribution in [-0.2, 0) is 10.2 Å². The van der Waals surface area contributed by atoms with Gasteiger partial charge >= 0.3 is 0 Å². The van der Waals surface area contributed by atoms with Crippen molar-refractivity contribution in [1.82, 2.24) is 5.32 Å². The number of nitrogens with two attached hydrogens (primary N) is 1. The Balaban J connectivity index is 1.39. The summed E-state index contributed by atoms with van der Waals surface area (Å²) >= 11 is 0. The predicted octanol–water partition coefficient (Wildman–Crippen LogP) is 5.72. The molecule has 0 aromatic heterocycles. The Kier molecular flexibility index (Phi) is 5.92. The van der Waals surface area contributed by atoms with Crippen molar-refractivity contribution in [1.29, 1.82) is 0 Å². The van der Waals surface area contributed by atoms with E-state index < -0.39 is 0 Å². The lowest BCUT2D eigenvalue weighted by atomic mass is 9.39. The molecule has 5 saturated carbocycles. The number of hydrogen-bond donors (Lipinski definition) is 2. The number of unbranched alkanes of at least 4 members (excludes halogenated alkanes) is 2. The third-order valence-electron chi connectivity index (χ3n) is 9.62. The lowest BCUT2D eigenvalue weighted by molar-refractivity contribution is -0.159. The zero-order valence-electron chi connectivity index (χ0n) is 19.5. The molecule has 5 aliphatic carbocycles. The van der Waals surface area contributed by atoms with Crippen molar-refractivity contribution < 1.29 is 4.79 Å². The van der Waals surface area contributed by atoms with Crippen molar-refractivity contribution in [2.75, 3.05) is 0 Å². The summed E-state index contributed by atoms with van der Waals surface area (Å²) < 4.78 is 0. The van der Waals surface area contributed by atoms with Crippen LogP contribution in [-0.4, -0.2) is 18.0 Å². The zero-order chi connectivity index (χ0) is 21.5. The Morgan fingerprint density at radius 2 is 1.68 bits per heavy atom. The van der Waals surface area contributed by atoms with Crippen LogP contribution < -0.4 is 11.1 Å². The van der Waals surface area contributed by atoms with Gasteiger partial charge in [0.15, 0.2) is 0 Å². The lowest BCUT2D eigenvalue weighted by Gasteiger charge is -2.64. The molecule has 0 radical (unpaired) electrons. The fraction of sp³-hybridized carbons (Fsp3) is 0.750. The highest BCUT2D eigenvalue weighted by Crippen LogP contribution is 2.68. The number of benzene rings is 1. The van der Waals surface area contributed by atoms with Gasteiger partial charge in [-0.2, -0.15) is 0 Å². The first-order valence-corrected chi connectivity index (χ1v) is 13.2. The quantitative estimate of drug-likeness (QED) is 0.552. The molecular formula is C28H42N2O. The molecular weight excluding hydrogens is 380 g/mol. The average molecular weight is 423 g/mol. The summed E-state index contributed by atoms with van der Waals surface area (Å²) in [5.74, 6) is 2.68. The van der Waals surface area contributed by atoms with E-state index in [4.69, 9.17) is 5.73 Å². The summed E-state index contributed by atoms with van der Waals surface area (Å²) in [5, 5.41) is 3.54. The molecule has 0 spiro atoms. The van der Waals surface area contributed by atoms with E-state index in [-0.39, 0.29) is 10.8 Å². The van der Waals surface area contributed by atoms with Crippen LogP contribution in [0.3, 0.4) is 0 Å². The third kappa shape index (κ3) is 3.96. The van der Waals surface area contributed by atoms with Crippen LogP contribution in [0, 0.1) is 23.2 Å². The standard InChI is InChI=1S/C28H42N2O/c1-2-3-5-10-25-20-15-27(22-8-6-4-7-9-22)16-21(25)18-28(17-20,19-27)26(31)30-24-13-11-23(29)12-14-24/h4,6-9,20-21,23-25H,2-3,5,10-19,29H2,1H3,(H,30,31). The Hall–Kier alpha value is -1.35. The maximum Gasteiger partial charge on any atom is 0.226 e. The van der Waals surface area contributed by atoms with Crippen molar-refractivity contribution in [3.63, 3.8) is 0 Å². The number of hydrogen-bond acceptors (Lipinski definition) is 2. The molecule has 31 heavy (non-hydrogen) atoms. The van der Waals surface area contributed by atoms with Crippen LogP contribution in [0.25, 0.3) is 0 Å². The van der Waals surface area contributed by atoms with Gasteiger partial charge in [-0.25, -0.2) is 0 Å². The van der Waals surface area contributed by atoms with Crippen LogP contribution in [0.2, 0.25) is 0 Å². The van der Waals surface area contributed by atoms with Crippen molar-refractivity contribution in [3.05, 3.63) is 35.9 Å². The van der Waals surface area contributed by atoms with Crippen molar-refractivity contribution in [2.24, 2.45) is 28.9 Å². The molecule has 6 rings (SSSR count). The van der Waals surface area contributed by atoms with Gasteiger partial charge in [0.25, 0.3) is 0 Å². The van der Waals surface area contributed by atoms with E-state index in [1.807, 2.05) is 0 Å². The fourth-order valence-electron chi connectivity index (χ4n) is 8.34. The first-order valence-electron chi connectivity index (χ1n) is 13.2. The third-order valence-corrected chi connectivity index (χ3v) is 9.62. The molecule has 3 N–H and O–H groups in total. The van der Waals surface area contributed by atoms with E-state index in [9.17, 15) is 4.79 Å². The van der Waals surface area contributed by atoms with Crippen LogP contribution in [0.5, 0.6) is 0 Å². The van der Waals surface area contributed by atoms with E-state index in [0.29, 0.717) is 18.0 Å². The molecule has 2 unspecified atom stereocenters. The van der Waals surface area contributed by atoms with Gasteiger partial charge in [0.05, 0.1) is 5.41 Å². The van der Waals surface area contributed by atoms with Crippen LogP contribution in [0.4, 0.5) is 0 Å². The van der Waals surface area contributed by atoms with Gasteiger partial charge in [-0.05, 0) is 92.9 Å². The Morgan fingerprint density at radius 1 is 1.00 bits per heavy atom. The zero-order valence-corrected chi connectivity index (χ0v) is 19.5. The normalized spacial score (nSPS) is 41.3. The number of rotatable bonds is 7. The average Bonchev–Trinajstić information content (AvgIpc) is 2.77. The molecule has 1 aromatic rings. The van der Waals surface area contributed by atoms with Crippen LogP contribution in [0.1, 0.15) is 96.0 Å². The molecule has 3 nitrogen and oxygen atoms in total. The largest absolute Gasteiger partial charge is 0.353 e. The molecule has 1 amide bonds. The highest BCUT2D eigenvalue weighted by Gasteiger charge is 2.63. The van der Waals surface area contributed by atoms with Crippen LogP contribution in [0.15, 0.2) is 30.3 Å². The van der Waals surface area contributed by atoms with E-state index in [2.05, 4.69) is 42.6 Å². The SMILES string of the molecule is CCCCCC1C2CC3(C(=O)NC4CCC(N)CC4)CC1CC(c1ccccc1)(C2)C3. The van der Waals surface area contributed by atoms with Gasteiger partial charge in [0.1, 0.15) is 0 Å². The summed E-state index contributed by atoms with van der Waals surface area (Å²) in [6, 6.07) is 11.9. The molecule has 5 aliphatic rings. The van der Waals surface area contributed by atoms with Gasteiger partial charge in [0, 0.05) is 12.1 Å². The van der Waals surface area contributed by atoms with E-state index in [0.717, 1.165) is 62.7 Å². The summed E-state index contributed by atoms with van der Waals surface area (Å²) in [7, 11) is 0. The summed E-state index contributed by atoms with van der Waals surface area (Å²) in [5.41, 5.74) is 7.69. The summed E-state index contributed by atoms with van der Waals surface area (Å²) in [6.45, 7) is 2.30. The molecule has 170 valence electrons. The minimum Gasteiger partial charge on any atom is -0.353 e. The fourth-order valence-corrected chi connectivity index (χ4v) is 8.34. The second-order valence-corrected chi connectivity index (χ2v) is 11.7. The van der Waals surface area contributed by atoms with Gasteiger partial charge < -0.3 is 11.1 Å². The number of carbonyl (C=O) groups excluding carboxylic acids is 1. The van der Waals surface area contributed by atoms with Crippen molar-refractivity contribution >= 4 is 5.91 Å². The molecule has 0 heterocycles.